The third kappa shape index (κ3) is 6.22. The van der Waals surface area contributed by atoms with Gasteiger partial charge in [-0.25, -0.2) is 8.42 Å². The van der Waals surface area contributed by atoms with Crippen LogP contribution in [0.15, 0.2) is 21.3 Å². The highest BCUT2D eigenvalue weighted by molar-refractivity contribution is 7.91. The summed E-state index contributed by atoms with van der Waals surface area (Å²) < 4.78 is 32.4. The van der Waals surface area contributed by atoms with E-state index in [1.54, 1.807) is 13.1 Å². The molecule has 2 heterocycles. The van der Waals surface area contributed by atoms with Crippen LogP contribution in [0.2, 0.25) is 0 Å². The molecule has 1 aliphatic heterocycles. The lowest BCUT2D eigenvalue weighted by molar-refractivity contribution is 0.0731. The van der Waals surface area contributed by atoms with Crippen LogP contribution >= 0.6 is 11.3 Å². The molecular weight excluding hydrogens is 372 g/mol. The zero-order valence-electron chi connectivity index (χ0n) is 15.7. The molecule has 0 unspecified atom stereocenters. The molecular formula is C17H30N4O3S2. The SMILES string of the molecule is CCCCCCNC(=NC)NCc1ccc(S(=O)(=O)N2CCOCC2)s1. The summed E-state index contributed by atoms with van der Waals surface area (Å²) in [6.45, 7) is 5.39. The van der Waals surface area contributed by atoms with Gasteiger partial charge in [0.15, 0.2) is 5.96 Å². The van der Waals surface area contributed by atoms with Crippen molar-refractivity contribution >= 4 is 27.3 Å². The van der Waals surface area contributed by atoms with Gasteiger partial charge >= 0.3 is 0 Å². The molecule has 0 aromatic carbocycles. The molecule has 2 N–H and O–H groups in total. The largest absolute Gasteiger partial charge is 0.379 e. The first-order chi connectivity index (χ1) is 12.6. The second-order valence-corrected chi connectivity index (χ2v) is 9.48. The third-order valence-electron chi connectivity index (χ3n) is 4.18. The van der Waals surface area contributed by atoms with Crippen molar-refractivity contribution < 1.29 is 13.2 Å². The van der Waals surface area contributed by atoms with Crippen molar-refractivity contribution in [3.63, 3.8) is 0 Å². The van der Waals surface area contributed by atoms with Crippen LogP contribution in [-0.4, -0.2) is 58.6 Å². The Bertz CT molecular complexity index is 667. The maximum Gasteiger partial charge on any atom is 0.252 e. The molecule has 7 nitrogen and oxygen atoms in total. The first-order valence-electron chi connectivity index (χ1n) is 9.19. The van der Waals surface area contributed by atoms with Gasteiger partial charge < -0.3 is 15.4 Å². The van der Waals surface area contributed by atoms with Gasteiger partial charge in [0.05, 0.1) is 19.8 Å². The lowest BCUT2D eigenvalue weighted by atomic mass is 10.2. The molecule has 0 atom stereocenters. The van der Waals surface area contributed by atoms with E-state index in [0.29, 0.717) is 37.1 Å². The summed E-state index contributed by atoms with van der Waals surface area (Å²) in [6, 6.07) is 3.55. The summed E-state index contributed by atoms with van der Waals surface area (Å²) >= 11 is 1.31. The van der Waals surface area contributed by atoms with Crippen molar-refractivity contribution in [2.75, 3.05) is 39.9 Å². The van der Waals surface area contributed by atoms with Crippen LogP contribution in [0.5, 0.6) is 0 Å². The number of morpholine rings is 1. The fourth-order valence-electron chi connectivity index (χ4n) is 2.66. The quantitative estimate of drug-likeness (QED) is 0.375. The number of nitrogens with one attached hydrogen (secondary N) is 2. The van der Waals surface area contributed by atoms with Crippen LogP contribution < -0.4 is 10.6 Å². The zero-order chi connectivity index (χ0) is 18.8. The van der Waals surface area contributed by atoms with Gasteiger partial charge in [-0.2, -0.15) is 4.31 Å². The fraction of sp³-hybridized carbons (Fsp3) is 0.706. The number of rotatable bonds is 9. The minimum Gasteiger partial charge on any atom is -0.379 e. The Morgan fingerprint density at radius 3 is 2.69 bits per heavy atom. The van der Waals surface area contributed by atoms with E-state index in [0.717, 1.165) is 23.8 Å². The van der Waals surface area contributed by atoms with E-state index in [1.807, 2.05) is 6.07 Å². The number of aliphatic imine (C=N–C) groups is 1. The van der Waals surface area contributed by atoms with Gasteiger partial charge in [0, 0.05) is 31.6 Å². The number of nitrogens with zero attached hydrogens (tertiary/aromatic N) is 2. The van der Waals surface area contributed by atoms with Gasteiger partial charge in [0.25, 0.3) is 10.0 Å². The number of hydrogen-bond acceptors (Lipinski definition) is 5. The summed E-state index contributed by atoms with van der Waals surface area (Å²) in [5.74, 6) is 0.743. The standard InChI is InChI=1S/C17H30N4O3S2/c1-3-4-5-6-9-19-17(18-2)20-14-15-7-8-16(25-15)26(22,23)21-10-12-24-13-11-21/h7-8H,3-6,9-14H2,1-2H3,(H2,18,19,20). The molecule has 1 aliphatic rings. The van der Waals surface area contributed by atoms with Crippen molar-refractivity contribution in [1.29, 1.82) is 0 Å². The average molecular weight is 403 g/mol. The molecule has 2 rings (SSSR count). The van der Waals surface area contributed by atoms with Crippen molar-refractivity contribution in [3.05, 3.63) is 17.0 Å². The predicted molar refractivity (Wildman–Crippen MR) is 106 cm³/mol. The molecule has 148 valence electrons. The van der Waals surface area contributed by atoms with E-state index in [4.69, 9.17) is 4.74 Å². The fourth-order valence-corrected chi connectivity index (χ4v) is 5.51. The molecule has 9 heteroatoms. The van der Waals surface area contributed by atoms with Crippen molar-refractivity contribution in [3.8, 4) is 0 Å². The molecule has 0 aliphatic carbocycles. The molecule has 1 aromatic rings. The van der Waals surface area contributed by atoms with Crippen LogP contribution in [0, 0.1) is 0 Å². The van der Waals surface area contributed by atoms with Gasteiger partial charge in [0.2, 0.25) is 0 Å². The summed E-state index contributed by atoms with van der Waals surface area (Å²) in [7, 11) is -1.67. The number of unbranched alkanes of at least 4 members (excludes halogenated alkanes) is 3. The minimum atomic E-state index is -3.41. The number of sulfonamides is 1. The van der Waals surface area contributed by atoms with Gasteiger partial charge in [0.1, 0.15) is 4.21 Å². The first-order valence-corrected chi connectivity index (χ1v) is 11.4. The molecule has 0 amide bonds. The number of hydrogen-bond donors (Lipinski definition) is 2. The molecule has 0 spiro atoms. The third-order valence-corrected chi connectivity index (χ3v) is 7.63. The number of ether oxygens (including phenoxy) is 1. The van der Waals surface area contributed by atoms with E-state index in [1.165, 1.54) is 34.9 Å². The summed E-state index contributed by atoms with van der Waals surface area (Å²) in [5, 5.41) is 6.53. The van der Waals surface area contributed by atoms with Gasteiger partial charge in [-0.3, -0.25) is 4.99 Å². The van der Waals surface area contributed by atoms with E-state index in [-0.39, 0.29) is 0 Å². The van der Waals surface area contributed by atoms with E-state index < -0.39 is 10.0 Å². The Hall–Kier alpha value is -1.16. The molecule has 1 saturated heterocycles. The molecule has 0 radical (unpaired) electrons. The summed E-state index contributed by atoms with van der Waals surface area (Å²) in [4.78, 5) is 5.17. The van der Waals surface area contributed by atoms with Gasteiger partial charge in [-0.15, -0.1) is 11.3 Å². The van der Waals surface area contributed by atoms with Crippen molar-refractivity contribution in [2.45, 2.75) is 43.4 Å². The Balaban J connectivity index is 1.83. The number of thiophene rings is 1. The van der Waals surface area contributed by atoms with Crippen molar-refractivity contribution in [1.82, 2.24) is 14.9 Å². The van der Waals surface area contributed by atoms with Crippen LogP contribution in [0.3, 0.4) is 0 Å². The van der Waals surface area contributed by atoms with Crippen LogP contribution in [-0.2, 0) is 21.3 Å². The number of guanidine groups is 1. The highest BCUT2D eigenvalue weighted by atomic mass is 32.2. The highest BCUT2D eigenvalue weighted by Gasteiger charge is 2.27. The second kappa shape index (κ2) is 10.9. The van der Waals surface area contributed by atoms with Crippen LogP contribution in [0.4, 0.5) is 0 Å². The molecule has 1 fully saturated rings. The Labute approximate surface area is 160 Å². The van der Waals surface area contributed by atoms with Crippen molar-refractivity contribution in [2.24, 2.45) is 4.99 Å². The lowest BCUT2D eigenvalue weighted by Crippen LogP contribution is -2.40. The summed E-state index contributed by atoms with van der Waals surface area (Å²) in [6.07, 6.45) is 4.81. The van der Waals surface area contributed by atoms with Crippen LogP contribution in [0.1, 0.15) is 37.5 Å². The minimum absolute atomic E-state index is 0.388. The highest BCUT2D eigenvalue weighted by Crippen LogP contribution is 2.25. The lowest BCUT2D eigenvalue weighted by Gasteiger charge is -2.25. The summed E-state index contributed by atoms with van der Waals surface area (Å²) in [5.41, 5.74) is 0. The second-order valence-electron chi connectivity index (χ2n) is 6.15. The topological polar surface area (TPSA) is 83.0 Å². The van der Waals surface area contributed by atoms with E-state index >= 15 is 0 Å². The first kappa shape index (κ1) is 21.1. The van der Waals surface area contributed by atoms with Crippen LogP contribution in [0.25, 0.3) is 0 Å². The average Bonchev–Trinajstić information content (AvgIpc) is 3.14. The zero-order valence-corrected chi connectivity index (χ0v) is 17.3. The smallest absolute Gasteiger partial charge is 0.252 e. The molecule has 1 aromatic heterocycles. The Morgan fingerprint density at radius 1 is 1.23 bits per heavy atom. The van der Waals surface area contributed by atoms with E-state index in [9.17, 15) is 8.42 Å². The maximum atomic E-state index is 12.6. The van der Waals surface area contributed by atoms with Gasteiger partial charge in [-0.05, 0) is 18.6 Å². The normalized spacial score (nSPS) is 16.6. The Morgan fingerprint density at radius 2 is 2.00 bits per heavy atom. The predicted octanol–water partition coefficient (Wildman–Crippen LogP) is 2.01. The van der Waals surface area contributed by atoms with E-state index in [2.05, 4.69) is 22.5 Å². The molecule has 0 bridgehead atoms. The molecule has 26 heavy (non-hydrogen) atoms. The monoisotopic (exact) mass is 402 g/mol. The maximum absolute atomic E-state index is 12.6. The van der Waals surface area contributed by atoms with Gasteiger partial charge in [-0.1, -0.05) is 26.2 Å². The molecule has 0 saturated carbocycles. The Kier molecular flexibility index (Phi) is 8.83.